The minimum absolute atomic E-state index is 0.0551. The zero-order valence-electron chi connectivity index (χ0n) is 12.0. The number of nitro groups is 1. The van der Waals surface area contributed by atoms with E-state index >= 15 is 0 Å². The van der Waals surface area contributed by atoms with Crippen molar-refractivity contribution in [3.8, 4) is 0 Å². The molecule has 24 heavy (non-hydrogen) atoms. The van der Waals surface area contributed by atoms with Gasteiger partial charge >= 0.3 is 5.69 Å². The van der Waals surface area contributed by atoms with Crippen LogP contribution < -0.4 is 5.32 Å². The average molecular weight is 342 g/mol. The van der Waals surface area contributed by atoms with Gasteiger partial charge in [-0.05, 0) is 6.07 Å². The van der Waals surface area contributed by atoms with Gasteiger partial charge in [0.2, 0.25) is 0 Å². The lowest BCUT2D eigenvalue weighted by Gasteiger charge is -2.26. The molecule has 1 aromatic carbocycles. The zero-order valence-corrected chi connectivity index (χ0v) is 12.0. The maximum absolute atomic E-state index is 11.2. The molecule has 12 heteroatoms. The Bertz CT molecular complexity index is 735. The number of nitrogens with zero attached hydrogens (tertiary/aromatic N) is 3. The molecule has 0 spiro atoms. The van der Waals surface area contributed by atoms with Crippen LogP contribution in [0.15, 0.2) is 16.7 Å². The van der Waals surface area contributed by atoms with Crippen molar-refractivity contribution in [2.45, 2.75) is 24.4 Å². The first-order valence-corrected chi connectivity index (χ1v) is 6.67. The van der Waals surface area contributed by atoms with Crippen molar-refractivity contribution >= 4 is 28.8 Å². The highest BCUT2D eigenvalue weighted by molar-refractivity contribution is 5.93. The SMILES string of the molecule is O=C[C@H](Nc1ccc([N+](=O)[O-])c2onnc12)[C@@H](O)[C@H](O)[C@H](O)CO. The second-order valence-electron chi connectivity index (χ2n) is 4.88. The normalized spacial score (nSPS) is 16.3. The number of nitro benzene ring substituents is 1. The molecular weight excluding hydrogens is 328 g/mol. The van der Waals surface area contributed by atoms with Crippen LogP contribution in [0.25, 0.3) is 11.1 Å². The van der Waals surface area contributed by atoms with E-state index in [0.717, 1.165) is 6.07 Å². The molecule has 1 heterocycles. The Kier molecular flexibility index (Phi) is 5.35. The van der Waals surface area contributed by atoms with Crippen LogP contribution in [0.4, 0.5) is 11.4 Å². The smallest absolute Gasteiger partial charge is 0.316 e. The Morgan fingerprint density at radius 3 is 2.62 bits per heavy atom. The maximum atomic E-state index is 11.2. The monoisotopic (exact) mass is 342 g/mol. The highest BCUT2D eigenvalue weighted by Gasteiger charge is 2.32. The molecule has 0 saturated carbocycles. The maximum Gasteiger partial charge on any atom is 0.316 e. The predicted octanol–water partition coefficient (Wildman–Crippen LogP) is -1.81. The Morgan fingerprint density at radius 1 is 1.33 bits per heavy atom. The number of aliphatic hydroxyl groups excluding tert-OH is 4. The number of benzene rings is 1. The molecule has 0 aliphatic rings. The van der Waals surface area contributed by atoms with E-state index in [1.165, 1.54) is 6.07 Å². The van der Waals surface area contributed by atoms with Crippen molar-refractivity contribution in [1.82, 2.24) is 10.4 Å². The molecule has 1 aromatic heterocycles. The molecular formula is C12H14N4O8. The van der Waals surface area contributed by atoms with E-state index in [1.807, 2.05) is 0 Å². The number of non-ortho nitro benzene ring substituents is 1. The van der Waals surface area contributed by atoms with Gasteiger partial charge in [-0.15, -0.1) is 5.10 Å². The number of hydrogen-bond donors (Lipinski definition) is 5. The van der Waals surface area contributed by atoms with Crippen LogP contribution >= 0.6 is 0 Å². The molecule has 5 N–H and O–H groups in total. The van der Waals surface area contributed by atoms with E-state index in [4.69, 9.17) is 9.63 Å². The number of carbonyl (C=O) groups is 1. The number of rotatable bonds is 8. The fraction of sp³-hybridized carbons (Fsp3) is 0.417. The summed E-state index contributed by atoms with van der Waals surface area (Å²) in [5, 5.41) is 57.9. The van der Waals surface area contributed by atoms with Gasteiger partial charge in [0.25, 0.3) is 5.58 Å². The molecule has 0 radical (unpaired) electrons. The molecule has 4 atom stereocenters. The van der Waals surface area contributed by atoms with E-state index in [0.29, 0.717) is 0 Å². The van der Waals surface area contributed by atoms with Crippen LogP contribution in [0, 0.1) is 10.1 Å². The molecule has 130 valence electrons. The van der Waals surface area contributed by atoms with Crippen LogP contribution in [0.1, 0.15) is 0 Å². The van der Waals surface area contributed by atoms with Crippen molar-refractivity contribution in [2.24, 2.45) is 0 Å². The Balaban J connectivity index is 2.30. The highest BCUT2D eigenvalue weighted by atomic mass is 16.6. The summed E-state index contributed by atoms with van der Waals surface area (Å²) in [6.45, 7) is -0.821. The van der Waals surface area contributed by atoms with Crippen molar-refractivity contribution in [3.05, 3.63) is 22.2 Å². The number of aliphatic hydroxyl groups is 4. The Morgan fingerprint density at radius 2 is 2.04 bits per heavy atom. The van der Waals surface area contributed by atoms with E-state index in [1.54, 1.807) is 0 Å². The first-order valence-electron chi connectivity index (χ1n) is 6.67. The van der Waals surface area contributed by atoms with Gasteiger partial charge in [-0.25, -0.2) is 0 Å². The molecule has 0 saturated heterocycles. The number of carbonyl (C=O) groups excluding carboxylic acids is 1. The predicted molar refractivity (Wildman–Crippen MR) is 77.0 cm³/mol. The second kappa shape index (κ2) is 7.27. The lowest BCUT2D eigenvalue weighted by molar-refractivity contribution is -0.383. The minimum Gasteiger partial charge on any atom is -0.394 e. The van der Waals surface area contributed by atoms with E-state index in [9.17, 15) is 30.2 Å². The fourth-order valence-corrected chi connectivity index (χ4v) is 2.04. The van der Waals surface area contributed by atoms with Crippen molar-refractivity contribution in [2.75, 3.05) is 11.9 Å². The Hall–Kier alpha value is -2.67. The largest absolute Gasteiger partial charge is 0.394 e. The number of nitrogens with one attached hydrogen (secondary N) is 1. The number of anilines is 1. The van der Waals surface area contributed by atoms with Gasteiger partial charge in [-0.2, -0.15) is 0 Å². The first-order chi connectivity index (χ1) is 11.4. The molecule has 0 amide bonds. The molecule has 2 rings (SSSR count). The van der Waals surface area contributed by atoms with Gasteiger partial charge in [-0.1, -0.05) is 0 Å². The third-order valence-corrected chi connectivity index (χ3v) is 3.35. The van der Waals surface area contributed by atoms with Crippen molar-refractivity contribution in [1.29, 1.82) is 0 Å². The quantitative estimate of drug-likeness (QED) is 0.206. The molecule has 0 aliphatic carbocycles. The molecule has 0 aliphatic heterocycles. The number of aromatic nitrogens is 2. The summed E-state index contributed by atoms with van der Waals surface area (Å²) in [5.74, 6) is 0. The van der Waals surface area contributed by atoms with Crippen LogP contribution in [-0.2, 0) is 4.79 Å². The van der Waals surface area contributed by atoms with E-state index in [-0.39, 0.29) is 28.8 Å². The van der Waals surface area contributed by atoms with Crippen LogP contribution in [0.2, 0.25) is 0 Å². The van der Waals surface area contributed by atoms with E-state index < -0.39 is 35.9 Å². The summed E-state index contributed by atoms with van der Waals surface area (Å²) >= 11 is 0. The molecule has 2 aromatic rings. The lowest BCUT2D eigenvalue weighted by atomic mass is 10.0. The molecule has 12 nitrogen and oxygen atoms in total. The summed E-state index contributed by atoms with van der Waals surface area (Å²) in [5.41, 5.74) is -0.598. The van der Waals surface area contributed by atoms with Gasteiger partial charge < -0.3 is 35.1 Å². The molecule has 0 bridgehead atoms. The van der Waals surface area contributed by atoms with Gasteiger partial charge in [0, 0.05) is 11.3 Å². The lowest BCUT2D eigenvalue weighted by Crippen LogP contribution is -2.49. The van der Waals surface area contributed by atoms with Gasteiger partial charge in [0.1, 0.15) is 30.6 Å². The Labute approximate surface area is 133 Å². The summed E-state index contributed by atoms with van der Waals surface area (Å²) in [6.07, 6.45) is -4.97. The standard InChI is InChI=1S/C12H14N4O8/c17-3-6(10(20)11(21)8(19)4-18)13-5-1-2-7(16(22)23)12-9(5)14-15-24-12/h1-3,6,8,10-11,13,18-21H,4H2/t6-,8+,10+,11+/m0/s1. The van der Waals surface area contributed by atoms with E-state index in [2.05, 4.69) is 15.7 Å². The second-order valence-corrected chi connectivity index (χ2v) is 4.88. The topological polar surface area (TPSA) is 192 Å². The summed E-state index contributed by atoms with van der Waals surface area (Å²) in [4.78, 5) is 21.4. The van der Waals surface area contributed by atoms with Gasteiger partial charge in [0.15, 0.2) is 5.52 Å². The van der Waals surface area contributed by atoms with Crippen molar-refractivity contribution in [3.63, 3.8) is 0 Å². The summed E-state index contributed by atoms with van der Waals surface area (Å²) in [7, 11) is 0. The van der Waals surface area contributed by atoms with Crippen LogP contribution in [-0.4, -0.2) is 73.0 Å². The third-order valence-electron chi connectivity index (χ3n) is 3.35. The molecule has 0 fully saturated rings. The average Bonchev–Trinajstić information content (AvgIpc) is 3.07. The minimum atomic E-state index is -1.80. The van der Waals surface area contributed by atoms with Crippen LogP contribution in [0.5, 0.6) is 0 Å². The van der Waals surface area contributed by atoms with Gasteiger partial charge in [-0.3, -0.25) is 10.1 Å². The third kappa shape index (κ3) is 3.30. The fourth-order valence-electron chi connectivity index (χ4n) is 2.04. The summed E-state index contributed by atoms with van der Waals surface area (Å²) in [6, 6.07) is 0.913. The number of fused-ring (bicyclic) bond motifs is 1. The number of hydrogen-bond acceptors (Lipinski definition) is 11. The number of aldehydes is 1. The van der Waals surface area contributed by atoms with Crippen LogP contribution in [0.3, 0.4) is 0 Å². The summed E-state index contributed by atoms with van der Waals surface area (Å²) < 4.78 is 4.71. The molecule has 0 unspecified atom stereocenters. The van der Waals surface area contributed by atoms with Gasteiger partial charge in [0.05, 0.1) is 17.2 Å². The zero-order chi connectivity index (χ0) is 17.9. The highest BCUT2D eigenvalue weighted by Crippen LogP contribution is 2.30. The van der Waals surface area contributed by atoms with Crippen molar-refractivity contribution < 1.29 is 34.7 Å². The first kappa shape index (κ1) is 17.7.